The Balaban J connectivity index is 1.94. The van der Waals surface area contributed by atoms with Crippen LogP contribution in [0.15, 0.2) is 78.9 Å². The van der Waals surface area contributed by atoms with Crippen LogP contribution in [0.25, 0.3) is 11.6 Å². The number of benzene rings is 3. The Labute approximate surface area is 168 Å². The summed E-state index contributed by atoms with van der Waals surface area (Å²) in [4.78, 5) is 24.3. The molecule has 2 amide bonds. The van der Waals surface area contributed by atoms with Crippen molar-refractivity contribution in [3.63, 3.8) is 0 Å². The first-order valence-electron chi connectivity index (χ1n) is 8.73. The van der Waals surface area contributed by atoms with Gasteiger partial charge in [-0.3, -0.25) is 9.59 Å². The van der Waals surface area contributed by atoms with Crippen LogP contribution in [0, 0.1) is 0 Å². The van der Waals surface area contributed by atoms with Crippen molar-refractivity contribution in [2.45, 2.75) is 6.92 Å². The van der Waals surface area contributed by atoms with Crippen molar-refractivity contribution in [3.8, 4) is 0 Å². The Morgan fingerprint density at radius 2 is 1.46 bits per heavy atom. The molecule has 0 unspecified atom stereocenters. The molecule has 0 spiro atoms. The van der Waals surface area contributed by atoms with Crippen LogP contribution >= 0.6 is 11.6 Å². The van der Waals surface area contributed by atoms with Gasteiger partial charge in [-0.05, 0) is 41.5 Å². The van der Waals surface area contributed by atoms with Gasteiger partial charge in [0.25, 0.3) is 5.91 Å². The second-order valence-corrected chi connectivity index (χ2v) is 6.57. The molecule has 0 saturated carbocycles. The van der Waals surface area contributed by atoms with Gasteiger partial charge in [0.2, 0.25) is 5.91 Å². The first kappa shape index (κ1) is 19.4. The van der Waals surface area contributed by atoms with E-state index in [2.05, 4.69) is 10.6 Å². The normalized spacial score (nSPS) is 11.0. The molecule has 0 atom stereocenters. The molecule has 0 aromatic heterocycles. The van der Waals surface area contributed by atoms with E-state index in [1.54, 1.807) is 36.4 Å². The van der Waals surface area contributed by atoms with Crippen molar-refractivity contribution in [3.05, 3.63) is 95.0 Å². The van der Waals surface area contributed by atoms with E-state index in [1.165, 1.54) is 6.92 Å². The van der Waals surface area contributed by atoms with Crippen LogP contribution in [0.2, 0.25) is 5.02 Å². The maximum Gasteiger partial charge on any atom is 0.256 e. The van der Waals surface area contributed by atoms with E-state index in [0.29, 0.717) is 22.0 Å². The maximum atomic E-state index is 13.1. The lowest BCUT2D eigenvalue weighted by Gasteiger charge is -2.11. The van der Waals surface area contributed by atoms with Crippen LogP contribution in [-0.2, 0) is 9.59 Å². The molecule has 3 aromatic rings. The number of carbonyl (C=O) groups is 2. The van der Waals surface area contributed by atoms with Gasteiger partial charge in [-0.15, -0.1) is 0 Å². The zero-order chi connectivity index (χ0) is 19.9. The lowest BCUT2D eigenvalue weighted by molar-refractivity contribution is -0.114. The highest BCUT2D eigenvalue weighted by atomic mass is 35.5. The third-order valence-electron chi connectivity index (χ3n) is 3.98. The Kier molecular flexibility index (Phi) is 6.25. The fraction of sp³-hybridized carbons (Fsp3) is 0.0435. The maximum absolute atomic E-state index is 13.1. The molecular formula is C23H19ClN2O2. The standard InChI is InChI=1S/C23H19ClN2O2/c1-16(27)25-19-11-7-12-20(15-19)26-23(28)21(17-8-3-2-4-9-17)14-18-10-5-6-13-22(18)24/h2-15H,1H3,(H,25,27)(H,26,28)/b21-14+. The van der Waals surface area contributed by atoms with Crippen LogP contribution in [0.3, 0.4) is 0 Å². The molecule has 0 bridgehead atoms. The quantitative estimate of drug-likeness (QED) is 0.447. The van der Waals surface area contributed by atoms with Crippen molar-refractivity contribution in [1.29, 1.82) is 0 Å². The van der Waals surface area contributed by atoms with Gasteiger partial charge in [-0.25, -0.2) is 0 Å². The van der Waals surface area contributed by atoms with E-state index in [0.717, 1.165) is 11.1 Å². The minimum absolute atomic E-state index is 0.174. The Hall–Kier alpha value is -3.37. The monoisotopic (exact) mass is 390 g/mol. The second kappa shape index (κ2) is 9.02. The van der Waals surface area contributed by atoms with Gasteiger partial charge in [0, 0.05) is 28.9 Å². The number of amides is 2. The van der Waals surface area contributed by atoms with Crippen molar-refractivity contribution < 1.29 is 9.59 Å². The summed E-state index contributed by atoms with van der Waals surface area (Å²) in [5.74, 6) is -0.446. The molecule has 0 saturated heterocycles. The molecule has 0 aliphatic rings. The van der Waals surface area contributed by atoms with Gasteiger partial charge in [0.15, 0.2) is 0 Å². The molecule has 140 valence electrons. The van der Waals surface area contributed by atoms with Crippen LogP contribution in [0.4, 0.5) is 11.4 Å². The number of nitrogens with one attached hydrogen (secondary N) is 2. The average molecular weight is 391 g/mol. The van der Waals surface area contributed by atoms with E-state index < -0.39 is 0 Å². The predicted octanol–water partition coefficient (Wildman–Crippen LogP) is 5.48. The van der Waals surface area contributed by atoms with Crippen LogP contribution in [-0.4, -0.2) is 11.8 Å². The topological polar surface area (TPSA) is 58.2 Å². The zero-order valence-corrected chi connectivity index (χ0v) is 16.0. The minimum Gasteiger partial charge on any atom is -0.326 e. The largest absolute Gasteiger partial charge is 0.326 e. The van der Waals surface area contributed by atoms with Crippen molar-refractivity contribution in [2.75, 3.05) is 10.6 Å². The van der Waals surface area contributed by atoms with E-state index >= 15 is 0 Å². The first-order chi connectivity index (χ1) is 13.5. The number of carbonyl (C=O) groups excluding carboxylic acids is 2. The van der Waals surface area contributed by atoms with Gasteiger partial charge < -0.3 is 10.6 Å². The minimum atomic E-state index is -0.272. The fourth-order valence-electron chi connectivity index (χ4n) is 2.72. The SMILES string of the molecule is CC(=O)Nc1cccc(NC(=O)/C(=C/c2ccccc2Cl)c2ccccc2)c1. The average Bonchev–Trinajstić information content (AvgIpc) is 2.67. The number of anilines is 2. The molecule has 3 rings (SSSR count). The molecule has 0 aliphatic carbocycles. The lowest BCUT2D eigenvalue weighted by Crippen LogP contribution is -2.14. The molecular weight excluding hydrogens is 372 g/mol. The highest BCUT2D eigenvalue weighted by Gasteiger charge is 2.13. The number of rotatable bonds is 5. The summed E-state index contributed by atoms with van der Waals surface area (Å²) < 4.78 is 0. The lowest BCUT2D eigenvalue weighted by atomic mass is 10.0. The summed E-state index contributed by atoms with van der Waals surface area (Å²) in [5, 5.41) is 6.16. The van der Waals surface area contributed by atoms with Gasteiger partial charge in [0.05, 0.1) is 0 Å². The first-order valence-corrected chi connectivity index (χ1v) is 9.11. The summed E-state index contributed by atoms with van der Waals surface area (Å²) in [6.07, 6.45) is 1.77. The molecule has 28 heavy (non-hydrogen) atoms. The number of hydrogen-bond donors (Lipinski definition) is 2. The third kappa shape index (κ3) is 5.09. The van der Waals surface area contributed by atoms with E-state index in [-0.39, 0.29) is 11.8 Å². The van der Waals surface area contributed by atoms with Gasteiger partial charge in [0.1, 0.15) is 0 Å². The third-order valence-corrected chi connectivity index (χ3v) is 4.32. The zero-order valence-electron chi connectivity index (χ0n) is 15.3. The van der Waals surface area contributed by atoms with Gasteiger partial charge >= 0.3 is 0 Å². The van der Waals surface area contributed by atoms with Crippen molar-refractivity contribution >= 4 is 46.4 Å². The Morgan fingerprint density at radius 3 is 2.14 bits per heavy atom. The van der Waals surface area contributed by atoms with Gasteiger partial charge in [-0.1, -0.05) is 66.2 Å². The van der Waals surface area contributed by atoms with E-state index in [4.69, 9.17) is 11.6 Å². The summed E-state index contributed by atoms with van der Waals surface area (Å²) >= 11 is 6.27. The summed E-state index contributed by atoms with van der Waals surface area (Å²) in [6.45, 7) is 1.44. The van der Waals surface area contributed by atoms with E-state index in [1.807, 2.05) is 48.5 Å². The Bertz CT molecular complexity index is 1030. The molecule has 0 radical (unpaired) electrons. The molecule has 2 N–H and O–H groups in total. The molecule has 5 heteroatoms. The van der Waals surface area contributed by atoms with Crippen LogP contribution in [0.5, 0.6) is 0 Å². The molecule has 3 aromatic carbocycles. The van der Waals surface area contributed by atoms with Crippen LogP contribution < -0.4 is 10.6 Å². The summed E-state index contributed by atoms with van der Waals surface area (Å²) in [5.41, 5.74) is 3.21. The fourth-order valence-corrected chi connectivity index (χ4v) is 2.91. The highest BCUT2D eigenvalue weighted by molar-refractivity contribution is 6.34. The molecule has 0 heterocycles. The second-order valence-electron chi connectivity index (χ2n) is 6.16. The highest BCUT2D eigenvalue weighted by Crippen LogP contribution is 2.25. The Morgan fingerprint density at radius 1 is 0.821 bits per heavy atom. The molecule has 0 aliphatic heterocycles. The summed E-state index contributed by atoms with van der Waals surface area (Å²) in [7, 11) is 0. The number of hydrogen-bond acceptors (Lipinski definition) is 2. The number of halogens is 1. The van der Waals surface area contributed by atoms with Crippen molar-refractivity contribution in [2.24, 2.45) is 0 Å². The molecule has 4 nitrogen and oxygen atoms in total. The summed E-state index contributed by atoms with van der Waals surface area (Å²) in [6, 6.07) is 23.7. The van der Waals surface area contributed by atoms with Gasteiger partial charge in [-0.2, -0.15) is 0 Å². The van der Waals surface area contributed by atoms with Crippen LogP contribution in [0.1, 0.15) is 18.1 Å². The van der Waals surface area contributed by atoms with E-state index in [9.17, 15) is 9.59 Å². The molecule has 0 fully saturated rings. The smallest absolute Gasteiger partial charge is 0.256 e. The van der Waals surface area contributed by atoms with Crippen molar-refractivity contribution in [1.82, 2.24) is 0 Å². The predicted molar refractivity (Wildman–Crippen MR) is 115 cm³/mol.